The van der Waals surface area contributed by atoms with Crippen LogP contribution in [0.25, 0.3) is 0 Å². The summed E-state index contributed by atoms with van der Waals surface area (Å²) in [5, 5.41) is 0.327. The van der Waals surface area contributed by atoms with Crippen LogP contribution in [-0.2, 0) is 4.79 Å². The average Bonchev–Trinajstić information content (AvgIpc) is 2.53. The lowest BCUT2D eigenvalue weighted by molar-refractivity contribution is -0.129. The van der Waals surface area contributed by atoms with Crippen molar-refractivity contribution >= 4 is 17.5 Å². The zero-order valence-electron chi connectivity index (χ0n) is 10.2. The Labute approximate surface area is 111 Å². The van der Waals surface area contributed by atoms with Gasteiger partial charge in [0, 0.05) is 24.0 Å². The van der Waals surface area contributed by atoms with Crippen molar-refractivity contribution < 1.29 is 9.18 Å². The van der Waals surface area contributed by atoms with Crippen LogP contribution >= 0.6 is 11.6 Å². The van der Waals surface area contributed by atoms with Crippen LogP contribution in [0.2, 0.25) is 5.02 Å². The molecule has 2 N–H and O–H groups in total. The number of amides is 1. The van der Waals surface area contributed by atoms with Crippen molar-refractivity contribution in [1.29, 1.82) is 0 Å². The fourth-order valence-electron chi connectivity index (χ4n) is 2.49. The van der Waals surface area contributed by atoms with Crippen LogP contribution in [0.3, 0.4) is 0 Å². The number of rotatable bonds is 3. The van der Waals surface area contributed by atoms with Crippen molar-refractivity contribution in [3.63, 3.8) is 0 Å². The van der Waals surface area contributed by atoms with Gasteiger partial charge in [-0.1, -0.05) is 18.5 Å². The number of benzene rings is 1. The summed E-state index contributed by atoms with van der Waals surface area (Å²) in [6.45, 7) is 2.62. The minimum atomic E-state index is -0.402. The van der Waals surface area contributed by atoms with Crippen molar-refractivity contribution in [2.24, 2.45) is 5.73 Å². The van der Waals surface area contributed by atoms with E-state index in [1.54, 1.807) is 11.0 Å². The second kappa shape index (κ2) is 5.24. The summed E-state index contributed by atoms with van der Waals surface area (Å²) in [4.78, 5) is 13.6. The Morgan fingerprint density at radius 1 is 1.50 bits per heavy atom. The van der Waals surface area contributed by atoms with Crippen LogP contribution in [0.4, 0.5) is 4.39 Å². The molecule has 0 aromatic heterocycles. The molecule has 1 heterocycles. The van der Waals surface area contributed by atoms with Crippen molar-refractivity contribution in [1.82, 2.24) is 4.90 Å². The Morgan fingerprint density at radius 2 is 2.22 bits per heavy atom. The smallest absolute Gasteiger partial charge is 0.224 e. The maximum absolute atomic E-state index is 13.4. The zero-order valence-corrected chi connectivity index (χ0v) is 11.0. The fraction of sp³-hybridized carbons (Fsp3) is 0.462. The summed E-state index contributed by atoms with van der Waals surface area (Å²) >= 11 is 5.85. The van der Waals surface area contributed by atoms with Gasteiger partial charge in [0.1, 0.15) is 5.82 Å². The molecule has 1 fully saturated rings. The Hall–Kier alpha value is -1.13. The van der Waals surface area contributed by atoms with Gasteiger partial charge in [0.25, 0.3) is 0 Å². The number of likely N-dealkylation sites (tertiary alicyclic amines) is 1. The highest BCUT2D eigenvalue weighted by atomic mass is 35.5. The molecule has 2 rings (SSSR count). The Bertz CT molecular complexity index is 446. The predicted molar refractivity (Wildman–Crippen MR) is 68.7 cm³/mol. The molecule has 98 valence electrons. The molecule has 5 heteroatoms. The van der Waals surface area contributed by atoms with E-state index in [4.69, 9.17) is 17.3 Å². The maximum Gasteiger partial charge on any atom is 0.224 e. The van der Waals surface area contributed by atoms with E-state index in [1.807, 2.05) is 6.92 Å². The number of nitrogens with two attached hydrogens (primary N) is 1. The molecule has 2 atom stereocenters. The lowest BCUT2D eigenvalue weighted by atomic mass is 10.0. The molecule has 1 aliphatic heterocycles. The van der Waals surface area contributed by atoms with E-state index in [0.29, 0.717) is 23.6 Å². The molecule has 1 aromatic carbocycles. The van der Waals surface area contributed by atoms with Crippen LogP contribution in [0, 0.1) is 5.82 Å². The Balaban J connectivity index is 2.36. The molecule has 1 saturated heterocycles. The van der Waals surface area contributed by atoms with E-state index in [1.165, 1.54) is 12.1 Å². The van der Waals surface area contributed by atoms with E-state index in [9.17, 15) is 9.18 Å². The van der Waals surface area contributed by atoms with Crippen molar-refractivity contribution in [2.45, 2.75) is 31.8 Å². The van der Waals surface area contributed by atoms with E-state index in [0.717, 1.165) is 6.42 Å². The second-order valence-electron chi connectivity index (χ2n) is 4.60. The van der Waals surface area contributed by atoms with E-state index < -0.39 is 5.82 Å². The first-order chi connectivity index (χ1) is 8.52. The van der Waals surface area contributed by atoms with Gasteiger partial charge in [0.2, 0.25) is 5.91 Å². The maximum atomic E-state index is 13.4. The minimum Gasteiger partial charge on any atom is -0.334 e. The molecule has 0 aliphatic carbocycles. The van der Waals surface area contributed by atoms with Crippen LogP contribution in [0.15, 0.2) is 18.2 Å². The van der Waals surface area contributed by atoms with Crippen molar-refractivity contribution in [3.05, 3.63) is 34.6 Å². The molecule has 3 nitrogen and oxygen atoms in total. The number of hydrogen-bond acceptors (Lipinski definition) is 2. The van der Waals surface area contributed by atoms with Crippen LogP contribution in [0.5, 0.6) is 0 Å². The normalized spacial score (nSPS) is 23.8. The summed E-state index contributed by atoms with van der Waals surface area (Å²) in [6, 6.07) is 3.75. The van der Waals surface area contributed by atoms with Crippen molar-refractivity contribution in [3.8, 4) is 0 Å². The summed E-state index contributed by atoms with van der Waals surface area (Å²) in [6.07, 6.45) is 1.15. The fourth-order valence-corrected chi connectivity index (χ4v) is 2.72. The molecule has 1 aliphatic rings. The SMILES string of the molecule is CCCN1C(=O)C[C@H](N)[C@H]1c1cc(F)cc(Cl)c1. The summed E-state index contributed by atoms with van der Waals surface area (Å²) in [5.74, 6) is -0.379. The highest BCUT2D eigenvalue weighted by molar-refractivity contribution is 6.30. The summed E-state index contributed by atoms with van der Waals surface area (Å²) in [7, 11) is 0. The van der Waals surface area contributed by atoms with Gasteiger partial charge in [-0.05, 0) is 30.2 Å². The topological polar surface area (TPSA) is 46.3 Å². The highest BCUT2D eigenvalue weighted by Crippen LogP contribution is 2.33. The molecule has 0 bridgehead atoms. The number of nitrogens with zero attached hydrogens (tertiary/aromatic N) is 1. The molecule has 1 aromatic rings. The van der Waals surface area contributed by atoms with Crippen LogP contribution in [-0.4, -0.2) is 23.4 Å². The molecule has 18 heavy (non-hydrogen) atoms. The van der Waals surface area contributed by atoms with Gasteiger partial charge in [-0.25, -0.2) is 4.39 Å². The van der Waals surface area contributed by atoms with Gasteiger partial charge >= 0.3 is 0 Å². The molecule has 0 unspecified atom stereocenters. The molecule has 0 spiro atoms. The Morgan fingerprint density at radius 3 is 2.83 bits per heavy atom. The first-order valence-electron chi connectivity index (χ1n) is 6.04. The van der Waals surface area contributed by atoms with E-state index in [-0.39, 0.29) is 18.0 Å². The van der Waals surface area contributed by atoms with Crippen LogP contribution in [0.1, 0.15) is 31.4 Å². The summed E-state index contributed by atoms with van der Waals surface area (Å²) < 4.78 is 13.4. The number of halogens is 2. The lowest BCUT2D eigenvalue weighted by Gasteiger charge is -2.27. The van der Waals surface area contributed by atoms with Gasteiger partial charge in [-0.2, -0.15) is 0 Å². The molecule has 1 amide bonds. The molecular formula is C13H16ClFN2O. The summed E-state index contributed by atoms with van der Waals surface area (Å²) in [5.41, 5.74) is 6.67. The quantitative estimate of drug-likeness (QED) is 0.917. The van der Waals surface area contributed by atoms with Crippen LogP contribution < -0.4 is 5.73 Å². The second-order valence-corrected chi connectivity index (χ2v) is 5.04. The third kappa shape index (κ3) is 2.49. The van der Waals surface area contributed by atoms with Gasteiger partial charge in [-0.3, -0.25) is 4.79 Å². The van der Waals surface area contributed by atoms with E-state index in [2.05, 4.69) is 0 Å². The molecule has 0 radical (unpaired) electrons. The minimum absolute atomic E-state index is 0.0229. The highest BCUT2D eigenvalue weighted by Gasteiger charge is 2.38. The molecular weight excluding hydrogens is 255 g/mol. The monoisotopic (exact) mass is 270 g/mol. The first-order valence-corrected chi connectivity index (χ1v) is 6.41. The standard InChI is InChI=1S/C13H16ClFN2O/c1-2-3-17-12(18)7-11(16)13(17)8-4-9(14)6-10(15)5-8/h4-6,11,13H,2-3,7,16H2,1H3/t11-,13+/m0/s1. The van der Waals surface area contributed by atoms with Gasteiger partial charge in [0.05, 0.1) is 6.04 Å². The zero-order chi connectivity index (χ0) is 13.3. The number of carbonyl (C=O) groups excluding carboxylic acids is 1. The first kappa shape index (κ1) is 13.3. The van der Waals surface area contributed by atoms with Gasteiger partial charge in [0.15, 0.2) is 0 Å². The van der Waals surface area contributed by atoms with Crippen molar-refractivity contribution in [2.75, 3.05) is 6.54 Å². The van der Waals surface area contributed by atoms with E-state index >= 15 is 0 Å². The predicted octanol–water partition coefficient (Wildman–Crippen LogP) is 2.49. The third-order valence-corrected chi connectivity index (χ3v) is 3.38. The Kier molecular flexibility index (Phi) is 3.88. The largest absolute Gasteiger partial charge is 0.334 e. The van der Waals surface area contributed by atoms with Gasteiger partial charge < -0.3 is 10.6 Å². The average molecular weight is 271 g/mol. The molecule has 0 saturated carbocycles. The lowest BCUT2D eigenvalue weighted by Crippen LogP contribution is -2.33. The number of carbonyl (C=O) groups is 1. The number of hydrogen-bond donors (Lipinski definition) is 1. The van der Waals surface area contributed by atoms with Gasteiger partial charge in [-0.15, -0.1) is 0 Å². The third-order valence-electron chi connectivity index (χ3n) is 3.16.